The molecule has 1 aliphatic heterocycles. The van der Waals surface area contributed by atoms with Crippen LogP contribution < -0.4 is 10.5 Å². The van der Waals surface area contributed by atoms with Gasteiger partial charge in [0.05, 0.1) is 35.5 Å². The molecule has 0 N–H and O–H groups in total. The van der Waals surface area contributed by atoms with Gasteiger partial charge < -0.3 is 14.0 Å². The monoisotopic (exact) mass is 510 g/mol. The second kappa shape index (κ2) is 9.73. The van der Waals surface area contributed by atoms with Crippen LogP contribution in [0.1, 0.15) is 42.4 Å². The predicted octanol–water partition coefficient (Wildman–Crippen LogP) is 3.24. The van der Waals surface area contributed by atoms with E-state index in [2.05, 4.69) is 38.8 Å². The highest BCUT2D eigenvalue weighted by molar-refractivity contribution is 5.92. The number of imidazole rings is 1. The van der Waals surface area contributed by atoms with Gasteiger partial charge in [-0.15, -0.1) is 0 Å². The van der Waals surface area contributed by atoms with E-state index in [9.17, 15) is 19.7 Å². The number of anilines is 1. The molecule has 0 spiro atoms. The summed E-state index contributed by atoms with van der Waals surface area (Å²) in [7, 11) is 3.54. The van der Waals surface area contributed by atoms with E-state index in [1.807, 2.05) is 24.7 Å². The number of fused-ring (bicyclic) bond motifs is 1. The zero-order chi connectivity index (χ0) is 27.1. The fourth-order valence-corrected chi connectivity index (χ4v) is 5.47. The molecule has 192 valence electrons. The van der Waals surface area contributed by atoms with Crippen molar-refractivity contribution in [1.82, 2.24) is 24.0 Å². The number of hydrogen-bond acceptors (Lipinski definition) is 7. The summed E-state index contributed by atoms with van der Waals surface area (Å²) >= 11 is 0. The molecule has 1 saturated heterocycles. The number of aromatic nitrogens is 4. The van der Waals surface area contributed by atoms with E-state index < -0.39 is 5.56 Å². The molecular formula is C28H27FN8O. The third-order valence-electron chi connectivity index (χ3n) is 7.41. The zero-order valence-corrected chi connectivity index (χ0v) is 21.6. The van der Waals surface area contributed by atoms with Crippen molar-refractivity contribution >= 4 is 16.7 Å². The van der Waals surface area contributed by atoms with E-state index in [1.165, 1.54) is 16.7 Å². The number of halogens is 1. The van der Waals surface area contributed by atoms with Crippen molar-refractivity contribution in [2.24, 2.45) is 14.1 Å². The Balaban J connectivity index is 1.61. The van der Waals surface area contributed by atoms with Crippen LogP contribution >= 0.6 is 0 Å². The second-order valence-electron chi connectivity index (χ2n) is 9.81. The van der Waals surface area contributed by atoms with Gasteiger partial charge >= 0.3 is 0 Å². The molecule has 1 aromatic carbocycles. The molecule has 1 aliphatic rings. The minimum absolute atomic E-state index is 0.0109. The van der Waals surface area contributed by atoms with Gasteiger partial charge in [0, 0.05) is 39.3 Å². The van der Waals surface area contributed by atoms with Crippen LogP contribution in [0.25, 0.3) is 11.0 Å². The Kier molecular flexibility index (Phi) is 6.43. The fourth-order valence-electron chi connectivity index (χ4n) is 5.47. The third-order valence-corrected chi connectivity index (χ3v) is 7.41. The van der Waals surface area contributed by atoms with Crippen LogP contribution in [0.15, 0.2) is 53.7 Å². The fraction of sp³-hybridized carbons (Fsp3) is 0.321. The van der Waals surface area contributed by atoms with Gasteiger partial charge in [-0.05, 0) is 43.7 Å². The largest absolute Gasteiger partial charge is 0.363 e. The molecule has 38 heavy (non-hydrogen) atoms. The van der Waals surface area contributed by atoms with Gasteiger partial charge in [-0.1, -0.05) is 12.1 Å². The first-order valence-corrected chi connectivity index (χ1v) is 12.3. The molecule has 0 aliphatic carbocycles. The summed E-state index contributed by atoms with van der Waals surface area (Å²) in [4.78, 5) is 26.4. The minimum Gasteiger partial charge on any atom is -0.363 e. The molecule has 3 atom stereocenters. The lowest BCUT2D eigenvalue weighted by Gasteiger charge is -2.48. The van der Waals surface area contributed by atoms with Crippen molar-refractivity contribution in [1.29, 1.82) is 10.5 Å². The van der Waals surface area contributed by atoms with Crippen molar-refractivity contribution < 1.29 is 4.39 Å². The molecule has 5 rings (SSSR count). The summed E-state index contributed by atoms with van der Waals surface area (Å²) in [6, 6.07) is 13.6. The first kappa shape index (κ1) is 25.1. The molecule has 4 heterocycles. The Morgan fingerprint density at radius 2 is 1.76 bits per heavy atom. The summed E-state index contributed by atoms with van der Waals surface area (Å²) < 4.78 is 17.2. The number of nitriles is 2. The summed E-state index contributed by atoms with van der Waals surface area (Å²) in [6.07, 6.45) is 3.58. The maximum absolute atomic E-state index is 13.8. The summed E-state index contributed by atoms with van der Waals surface area (Å²) in [5, 5.41) is 19.5. The molecule has 1 unspecified atom stereocenters. The average Bonchev–Trinajstić information content (AvgIpc) is 3.34. The van der Waals surface area contributed by atoms with Gasteiger partial charge in [0.2, 0.25) is 0 Å². The maximum atomic E-state index is 13.8. The normalized spacial score (nSPS) is 18.8. The zero-order valence-electron chi connectivity index (χ0n) is 21.6. The summed E-state index contributed by atoms with van der Waals surface area (Å²) in [6.45, 7) is 5.23. The maximum Gasteiger partial charge on any atom is 0.270 e. The molecule has 0 saturated carbocycles. The van der Waals surface area contributed by atoms with Crippen LogP contribution in [-0.4, -0.2) is 49.2 Å². The SMILES string of the molecule is C[C@@H]1CN(c2c(C#N)c(=O)n(C)c3ccc(C#N)nc23)[C@@H](C)CN1C(c1ccc(F)cc1)c1cncn1C. The number of pyridine rings is 2. The Labute approximate surface area is 219 Å². The molecule has 10 heteroatoms. The Morgan fingerprint density at radius 1 is 1.03 bits per heavy atom. The van der Waals surface area contributed by atoms with Crippen molar-refractivity contribution in [3.63, 3.8) is 0 Å². The van der Waals surface area contributed by atoms with Gasteiger partial charge in [0.15, 0.2) is 0 Å². The summed E-state index contributed by atoms with van der Waals surface area (Å²) in [5.41, 5.74) is 3.22. The lowest BCUT2D eigenvalue weighted by molar-refractivity contribution is 0.126. The molecule has 0 radical (unpaired) electrons. The molecule has 3 aromatic heterocycles. The summed E-state index contributed by atoms with van der Waals surface area (Å²) in [5.74, 6) is -0.297. The highest BCUT2D eigenvalue weighted by Gasteiger charge is 2.38. The number of hydrogen-bond donors (Lipinski definition) is 0. The highest BCUT2D eigenvalue weighted by Crippen LogP contribution is 2.36. The van der Waals surface area contributed by atoms with Gasteiger partial charge in [-0.25, -0.2) is 14.4 Å². The highest BCUT2D eigenvalue weighted by atomic mass is 19.1. The Bertz CT molecular complexity index is 1660. The number of nitrogens with zero attached hydrogens (tertiary/aromatic N) is 8. The first-order chi connectivity index (χ1) is 18.2. The van der Waals surface area contributed by atoms with Crippen LogP contribution in [0.5, 0.6) is 0 Å². The van der Waals surface area contributed by atoms with Gasteiger partial charge in [0.25, 0.3) is 5.56 Å². The topological polar surface area (TPSA) is 107 Å². The Morgan fingerprint density at radius 3 is 2.39 bits per heavy atom. The molecule has 4 aromatic rings. The minimum atomic E-state index is -0.400. The smallest absolute Gasteiger partial charge is 0.270 e. The van der Waals surface area contributed by atoms with Crippen LogP contribution in [0, 0.1) is 28.5 Å². The van der Waals surface area contributed by atoms with E-state index in [0.29, 0.717) is 29.8 Å². The number of piperazine rings is 1. The van der Waals surface area contributed by atoms with Crippen LogP contribution in [0.3, 0.4) is 0 Å². The van der Waals surface area contributed by atoms with E-state index in [0.717, 1.165) is 11.3 Å². The van der Waals surface area contributed by atoms with Crippen LogP contribution in [0.2, 0.25) is 0 Å². The van der Waals surface area contributed by atoms with E-state index in [4.69, 9.17) is 0 Å². The van der Waals surface area contributed by atoms with Gasteiger partial charge in [0.1, 0.15) is 34.7 Å². The average molecular weight is 511 g/mol. The first-order valence-electron chi connectivity index (χ1n) is 12.3. The predicted molar refractivity (Wildman–Crippen MR) is 141 cm³/mol. The number of rotatable bonds is 4. The second-order valence-corrected chi connectivity index (χ2v) is 9.81. The van der Waals surface area contributed by atoms with Gasteiger partial charge in [-0.3, -0.25) is 9.69 Å². The molecule has 9 nitrogen and oxygen atoms in total. The van der Waals surface area contributed by atoms with Crippen molar-refractivity contribution in [3.8, 4) is 12.1 Å². The third kappa shape index (κ3) is 4.09. The van der Waals surface area contributed by atoms with Crippen LogP contribution in [-0.2, 0) is 14.1 Å². The van der Waals surface area contributed by atoms with E-state index in [1.54, 1.807) is 37.6 Å². The van der Waals surface area contributed by atoms with Crippen molar-refractivity contribution in [3.05, 3.63) is 87.6 Å². The lowest BCUT2D eigenvalue weighted by Crippen LogP contribution is -2.58. The standard InChI is InChI=1S/C28H27FN8O/c1-17-15-37(27-22(12-31)28(38)35(4)23-10-9-21(11-30)33-25(23)27)18(2)14-36(17)26(24-13-32-16-34(24)3)19-5-7-20(29)8-6-19/h5-10,13,16-18,26H,14-15H2,1-4H3/t17-,18+,26?/m1/s1. The van der Waals surface area contributed by atoms with E-state index in [-0.39, 0.29) is 35.2 Å². The van der Waals surface area contributed by atoms with Crippen LogP contribution in [0.4, 0.5) is 10.1 Å². The van der Waals surface area contributed by atoms with Gasteiger partial charge in [-0.2, -0.15) is 10.5 Å². The number of aryl methyl sites for hydroxylation is 2. The number of benzene rings is 1. The molecular weight excluding hydrogens is 483 g/mol. The van der Waals surface area contributed by atoms with Crippen molar-refractivity contribution in [2.75, 3.05) is 18.0 Å². The molecule has 1 fully saturated rings. The van der Waals surface area contributed by atoms with Crippen molar-refractivity contribution in [2.45, 2.75) is 32.0 Å². The molecule has 0 bridgehead atoms. The Hall–Kier alpha value is -4.54. The quantitative estimate of drug-likeness (QED) is 0.415. The molecule has 0 amide bonds. The van der Waals surface area contributed by atoms with E-state index >= 15 is 0 Å². The lowest BCUT2D eigenvalue weighted by atomic mass is 9.96.